The van der Waals surface area contributed by atoms with E-state index >= 15 is 0 Å². The number of anilines is 1. The fourth-order valence-electron chi connectivity index (χ4n) is 2.19. The summed E-state index contributed by atoms with van der Waals surface area (Å²) in [5, 5.41) is 2.26. The Bertz CT molecular complexity index is 887. The summed E-state index contributed by atoms with van der Waals surface area (Å²) in [4.78, 5) is 11.9. The van der Waals surface area contributed by atoms with Crippen molar-refractivity contribution in [2.75, 3.05) is 18.1 Å². The molecule has 0 spiro atoms. The van der Waals surface area contributed by atoms with Crippen LogP contribution in [-0.4, -0.2) is 31.4 Å². The Labute approximate surface area is 149 Å². The number of hydrogen-bond acceptors (Lipinski definition) is 3. The molecule has 2 aromatic carbocycles. The first kappa shape index (κ1) is 19.9. The van der Waals surface area contributed by atoms with Crippen LogP contribution in [0.3, 0.4) is 0 Å². The monoisotopic (exact) mass is 386 g/mol. The van der Waals surface area contributed by atoms with E-state index in [2.05, 4.69) is 5.32 Å². The van der Waals surface area contributed by atoms with Gasteiger partial charge in [-0.05, 0) is 29.8 Å². The van der Waals surface area contributed by atoms with Gasteiger partial charge in [-0.1, -0.05) is 12.1 Å². The second-order valence-corrected chi connectivity index (χ2v) is 7.63. The molecular formula is C17H17F3N2O3S. The van der Waals surface area contributed by atoms with Crippen LogP contribution in [0, 0.1) is 17.5 Å². The molecule has 0 unspecified atom stereocenters. The van der Waals surface area contributed by atoms with E-state index < -0.39 is 33.4 Å². The van der Waals surface area contributed by atoms with E-state index in [9.17, 15) is 26.4 Å². The van der Waals surface area contributed by atoms with Gasteiger partial charge < -0.3 is 5.32 Å². The van der Waals surface area contributed by atoms with Crippen molar-refractivity contribution < 1.29 is 26.4 Å². The van der Waals surface area contributed by atoms with Crippen LogP contribution in [0.15, 0.2) is 42.5 Å². The molecule has 1 N–H and O–H groups in total. The van der Waals surface area contributed by atoms with Gasteiger partial charge in [0.15, 0.2) is 0 Å². The van der Waals surface area contributed by atoms with Crippen LogP contribution in [0.25, 0.3) is 0 Å². The van der Waals surface area contributed by atoms with E-state index in [1.54, 1.807) is 0 Å². The third kappa shape index (κ3) is 5.85. The highest BCUT2D eigenvalue weighted by atomic mass is 32.2. The van der Waals surface area contributed by atoms with Gasteiger partial charge in [0.25, 0.3) is 0 Å². The summed E-state index contributed by atoms with van der Waals surface area (Å²) in [5.41, 5.74) is 0.364. The van der Waals surface area contributed by atoms with Crippen molar-refractivity contribution in [1.82, 2.24) is 4.31 Å². The quantitative estimate of drug-likeness (QED) is 0.796. The maximum atomic E-state index is 13.5. The van der Waals surface area contributed by atoms with Crippen molar-refractivity contribution in [2.45, 2.75) is 13.0 Å². The van der Waals surface area contributed by atoms with Gasteiger partial charge in [-0.15, -0.1) is 0 Å². The molecule has 0 heterocycles. The highest BCUT2D eigenvalue weighted by Gasteiger charge is 2.19. The molecule has 2 rings (SSSR count). The van der Waals surface area contributed by atoms with E-state index in [1.807, 2.05) is 0 Å². The minimum Gasteiger partial charge on any atom is -0.324 e. The lowest BCUT2D eigenvalue weighted by molar-refractivity contribution is -0.116. The van der Waals surface area contributed by atoms with Gasteiger partial charge in [0.05, 0.1) is 11.9 Å². The highest BCUT2D eigenvalue weighted by Crippen LogP contribution is 2.16. The number of carbonyl (C=O) groups is 1. The molecule has 0 bridgehead atoms. The number of nitrogens with zero attached hydrogens (tertiary/aromatic N) is 1. The Hall–Kier alpha value is -2.39. The maximum absolute atomic E-state index is 13.5. The zero-order chi connectivity index (χ0) is 19.3. The van der Waals surface area contributed by atoms with Gasteiger partial charge in [-0.2, -0.15) is 4.31 Å². The average molecular weight is 386 g/mol. The number of benzene rings is 2. The van der Waals surface area contributed by atoms with E-state index in [0.29, 0.717) is 11.6 Å². The lowest BCUT2D eigenvalue weighted by Gasteiger charge is -2.20. The fraction of sp³-hybridized carbons (Fsp3) is 0.235. The van der Waals surface area contributed by atoms with Crippen molar-refractivity contribution in [2.24, 2.45) is 0 Å². The topological polar surface area (TPSA) is 66.5 Å². The van der Waals surface area contributed by atoms with Crippen LogP contribution in [0.4, 0.5) is 18.9 Å². The van der Waals surface area contributed by atoms with E-state index in [4.69, 9.17) is 0 Å². The molecule has 0 saturated heterocycles. The standard InChI is InChI=1S/C17H17F3N2O3S/c1-26(24,25)22(11-12-2-4-13(18)5-3-12)9-8-17(23)21-16-7-6-14(19)10-15(16)20/h2-7,10H,8-9,11H2,1H3,(H,21,23). The minimum absolute atomic E-state index is 0.0305. The molecule has 140 valence electrons. The normalized spacial score (nSPS) is 11.6. The number of amides is 1. The van der Waals surface area contributed by atoms with Crippen molar-refractivity contribution >= 4 is 21.6 Å². The summed E-state index contributed by atoms with van der Waals surface area (Å²) < 4.78 is 64.1. The first-order valence-electron chi connectivity index (χ1n) is 7.59. The molecule has 9 heteroatoms. The molecule has 0 atom stereocenters. The van der Waals surface area contributed by atoms with Crippen LogP contribution >= 0.6 is 0 Å². The van der Waals surface area contributed by atoms with E-state index in [1.165, 1.54) is 24.3 Å². The molecule has 0 aliphatic rings. The Balaban J connectivity index is 2.00. The number of nitrogens with one attached hydrogen (secondary N) is 1. The van der Waals surface area contributed by atoms with Crippen LogP contribution in [0.2, 0.25) is 0 Å². The summed E-state index contributed by atoms with van der Waals surface area (Å²) in [6.07, 6.45) is 0.763. The second kappa shape index (κ2) is 8.33. The molecule has 0 aromatic heterocycles. The average Bonchev–Trinajstić information content (AvgIpc) is 2.54. The molecule has 0 saturated carbocycles. The number of sulfonamides is 1. The molecule has 0 radical (unpaired) electrons. The van der Waals surface area contributed by atoms with Gasteiger partial charge in [-0.25, -0.2) is 21.6 Å². The van der Waals surface area contributed by atoms with Crippen molar-refractivity contribution in [3.8, 4) is 0 Å². The zero-order valence-electron chi connectivity index (χ0n) is 13.9. The van der Waals surface area contributed by atoms with Crippen LogP contribution in [0.5, 0.6) is 0 Å². The summed E-state index contributed by atoms with van der Waals surface area (Å²) in [6.45, 7) is -0.178. The minimum atomic E-state index is -3.62. The van der Waals surface area contributed by atoms with Gasteiger partial charge in [0.2, 0.25) is 15.9 Å². The smallest absolute Gasteiger partial charge is 0.225 e. The second-order valence-electron chi connectivity index (χ2n) is 5.65. The van der Waals surface area contributed by atoms with Crippen molar-refractivity contribution in [3.05, 3.63) is 65.5 Å². The number of halogens is 3. The molecule has 2 aromatic rings. The van der Waals surface area contributed by atoms with E-state index in [0.717, 1.165) is 22.7 Å². The Morgan fingerprint density at radius 3 is 2.23 bits per heavy atom. The largest absolute Gasteiger partial charge is 0.324 e. The van der Waals surface area contributed by atoms with E-state index in [-0.39, 0.29) is 25.2 Å². The zero-order valence-corrected chi connectivity index (χ0v) is 14.7. The molecule has 0 aliphatic carbocycles. The summed E-state index contributed by atoms with van der Waals surface area (Å²) in [5.74, 6) is -2.77. The SMILES string of the molecule is CS(=O)(=O)N(CCC(=O)Nc1ccc(F)cc1F)Cc1ccc(F)cc1. The number of carbonyl (C=O) groups excluding carboxylic acids is 1. The molecule has 0 fully saturated rings. The fourth-order valence-corrected chi connectivity index (χ4v) is 2.99. The van der Waals surface area contributed by atoms with Gasteiger partial charge in [0.1, 0.15) is 17.5 Å². The molecule has 0 aliphatic heterocycles. The van der Waals surface area contributed by atoms with Gasteiger partial charge in [0, 0.05) is 25.6 Å². The summed E-state index contributed by atoms with van der Waals surface area (Å²) in [6, 6.07) is 8.01. The first-order chi connectivity index (χ1) is 12.1. The third-order valence-corrected chi connectivity index (χ3v) is 4.78. The molecule has 1 amide bonds. The van der Waals surface area contributed by atoms with Crippen molar-refractivity contribution in [1.29, 1.82) is 0 Å². The molecule has 26 heavy (non-hydrogen) atoms. The molecule has 5 nitrogen and oxygen atoms in total. The van der Waals surface area contributed by atoms with Crippen molar-refractivity contribution in [3.63, 3.8) is 0 Å². The van der Waals surface area contributed by atoms with Gasteiger partial charge >= 0.3 is 0 Å². The predicted molar refractivity (Wildman–Crippen MR) is 91.3 cm³/mol. The summed E-state index contributed by atoms with van der Waals surface area (Å²) in [7, 11) is -3.62. The lowest BCUT2D eigenvalue weighted by Crippen LogP contribution is -2.32. The van der Waals surface area contributed by atoms with Crippen LogP contribution < -0.4 is 5.32 Å². The number of rotatable bonds is 7. The molecular weight excluding hydrogens is 369 g/mol. The summed E-state index contributed by atoms with van der Waals surface area (Å²) >= 11 is 0. The predicted octanol–water partition coefficient (Wildman–Crippen LogP) is 2.89. The Morgan fingerprint density at radius 1 is 1.04 bits per heavy atom. The number of hydrogen-bond donors (Lipinski definition) is 1. The van der Waals surface area contributed by atoms with Crippen LogP contribution in [-0.2, 0) is 21.4 Å². The maximum Gasteiger partial charge on any atom is 0.225 e. The van der Waals surface area contributed by atoms with Gasteiger partial charge in [-0.3, -0.25) is 4.79 Å². The van der Waals surface area contributed by atoms with Crippen LogP contribution in [0.1, 0.15) is 12.0 Å². The Kier molecular flexibility index (Phi) is 6.38. The first-order valence-corrected chi connectivity index (χ1v) is 9.44. The Morgan fingerprint density at radius 2 is 1.65 bits per heavy atom. The highest BCUT2D eigenvalue weighted by molar-refractivity contribution is 7.88. The third-order valence-electron chi connectivity index (χ3n) is 3.53. The lowest BCUT2D eigenvalue weighted by atomic mass is 10.2.